The third-order valence-electron chi connectivity index (χ3n) is 7.02. The molecule has 0 rings (SSSR count). The Morgan fingerprint density at radius 2 is 0.810 bits per heavy atom. The summed E-state index contributed by atoms with van der Waals surface area (Å²) in [6.07, 6.45) is 27.1. The van der Waals surface area contributed by atoms with E-state index in [1.165, 1.54) is 155 Å². The van der Waals surface area contributed by atoms with Gasteiger partial charge in [0, 0.05) is 12.4 Å². The van der Waals surface area contributed by atoms with E-state index in [9.17, 15) is 28.2 Å². The highest BCUT2D eigenvalue weighted by Crippen LogP contribution is 2.03. The minimum absolute atomic E-state index is 1.33. The van der Waals surface area contributed by atoms with E-state index in [0.717, 1.165) is 0 Å². The van der Waals surface area contributed by atoms with Crippen molar-refractivity contribution in [2.45, 2.75) is 168 Å². The lowest BCUT2D eigenvalue weighted by Gasteiger charge is -2.14. The third-order valence-corrected chi connectivity index (χ3v) is 8.10. The van der Waals surface area contributed by atoms with Crippen molar-refractivity contribution in [2.24, 2.45) is 0 Å². The highest BCUT2D eigenvalue weighted by molar-refractivity contribution is 7.87. The molecule has 0 bridgehead atoms. The Bertz CT molecular complexity index is 626. The smallest absolute Gasteiger partial charge is 0.273 e. The molecule has 0 heterocycles. The molecule has 0 fully saturated rings. The van der Waals surface area contributed by atoms with E-state index in [0.29, 0.717) is 0 Å². The standard InChI is InChI=1S/2C14H31N.C4H6O7S/c2*1-3-5-7-9-11-13-15-14-12-10-8-6-4-2;5-3(6)1-2(4(7)8)12(9,10)11/h2*15H,3-14H2,1-2H3;2H,1H2,(H,5,6)(H,7,8)(H,9,10,11). The SMILES string of the molecule is CCCCCCC[NH2+]CCCCCCC.CCCCCCC[NH2+]CCCCCCC.O=C([O-])CC(C(=O)[O-])S(=O)(=O)O. The van der Waals surface area contributed by atoms with Crippen molar-refractivity contribution in [3.63, 3.8) is 0 Å². The fourth-order valence-corrected chi connectivity index (χ4v) is 4.91. The molecule has 254 valence electrons. The summed E-state index contributed by atoms with van der Waals surface area (Å²) in [5.41, 5.74) is 0. The number of rotatable bonds is 28. The van der Waals surface area contributed by atoms with Gasteiger partial charge in [-0.2, -0.15) is 8.42 Å². The lowest BCUT2D eigenvalue weighted by molar-refractivity contribution is -0.655. The Morgan fingerprint density at radius 1 is 0.548 bits per heavy atom. The number of unbranched alkanes of at least 4 members (excludes halogenated alkanes) is 16. The van der Waals surface area contributed by atoms with Crippen molar-refractivity contribution in [3.05, 3.63) is 0 Å². The fourth-order valence-electron chi connectivity index (χ4n) is 4.32. The Morgan fingerprint density at radius 3 is 0.976 bits per heavy atom. The van der Waals surface area contributed by atoms with Crippen LogP contribution in [-0.2, 0) is 19.7 Å². The van der Waals surface area contributed by atoms with Crippen molar-refractivity contribution in [3.8, 4) is 0 Å². The zero-order valence-corrected chi connectivity index (χ0v) is 28.5. The number of carboxylic acid groups (broad SMARTS) is 2. The summed E-state index contributed by atoms with van der Waals surface area (Å²) in [7, 11) is -4.94. The van der Waals surface area contributed by atoms with Crippen molar-refractivity contribution in [2.75, 3.05) is 26.2 Å². The van der Waals surface area contributed by atoms with Crippen LogP contribution in [0.5, 0.6) is 0 Å². The highest BCUT2D eigenvalue weighted by atomic mass is 32.2. The van der Waals surface area contributed by atoms with Crippen LogP contribution in [0.25, 0.3) is 0 Å². The summed E-state index contributed by atoms with van der Waals surface area (Å²) in [4.78, 5) is 19.7. The molecule has 0 aliphatic rings. The number of quaternary nitrogens is 2. The molecule has 0 spiro atoms. The number of carbonyl (C=O) groups excluding carboxylic acids is 2. The molecule has 0 amide bonds. The van der Waals surface area contributed by atoms with Crippen LogP contribution in [0, 0.1) is 0 Å². The Kier molecular flexibility index (Phi) is 38.7. The average molecular weight is 625 g/mol. The summed E-state index contributed by atoms with van der Waals surface area (Å²) < 4.78 is 28.5. The molecular weight excluding hydrogens is 556 g/mol. The molecule has 1 atom stereocenters. The van der Waals surface area contributed by atoms with Gasteiger partial charge in [0.05, 0.1) is 32.1 Å². The van der Waals surface area contributed by atoms with E-state index in [1.54, 1.807) is 0 Å². The van der Waals surface area contributed by atoms with Crippen LogP contribution in [0.2, 0.25) is 0 Å². The van der Waals surface area contributed by atoms with Gasteiger partial charge in [-0.15, -0.1) is 0 Å². The van der Waals surface area contributed by atoms with Gasteiger partial charge < -0.3 is 30.4 Å². The number of nitrogens with two attached hydrogens (primary N) is 2. The van der Waals surface area contributed by atoms with Gasteiger partial charge in [0.1, 0.15) is 5.25 Å². The van der Waals surface area contributed by atoms with E-state index >= 15 is 0 Å². The molecule has 5 N–H and O–H groups in total. The van der Waals surface area contributed by atoms with E-state index in [1.807, 2.05) is 0 Å². The van der Waals surface area contributed by atoms with Gasteiger partial charge in [-0.25, -0.2) is 0 Å². The summed E-state index contributed by atoms with van der Waals surface area (Å²) in [5, 5.41) is 22.3. The normalized spacial score (nSPS) is 11.6. The second-order valence-electron chi connectivity index (χ2n) is 11.3. The number of aliphatic carboxylic acids is 2. The summed E-state index contributed by atoms with van der Waals surface area (Å²) in [6.45, 7) is 14.6. The Labute approximate surface area is 259 Å². The summed E-state index contributed by atoms with van der Waals surface area (Å²) >= 11 is 0. The largest absolute Gasteiger partial charge is 0.550 e. The maximum absolute atomic E-state index is 10.2. The molecule has 9 nitrogen and oxygen atoms in total. The Balaban J connectivity index is -0.000000547. The van der Waals surface area contributed by atoms with Crippen molar-refractivity contribution in [1.82, 2.24) is 0 Å². The first-order valence-electron chi connectivity index (χ1n) is 17.1. The highest BCUT2D eigenvalue weighted by Gasteiger charge is 2.24. The van der Waals surface area contributed by atoms with Gasteiger partial charge in [-0.3, -0.25) is 4.55 Å². The number of carboxylic acids is 2. The lowest BCUT2D eigenvalue weighted by Crippen LogP contribution is -2.84. The van der Waals surface area contributed by atoms with E-state index in [4.69, 9.17) is 4.55 Å². The van der Waals surface area contributed by atoms with E-state index < -0.39 is 33.7 Å². The zero-order valence-electron chi connectivity index (χ0n) is 27.7. The molecule has 0 aromatic heterocycles. The summed E-state index contributed by atoms with van der Waals surface area (Å²) in [5.74, 6) is -4.08. The van der Waals surface area contributed by atoms with Gasteiger partial charge in [0.2, 0.25) is 0 Å². The molecule has 1 unspecified atom stereocenters. The van der Waals surface area contributed by atoms with E-state index in [-0.39, 0.29) is 0 Å². The quantitative estimate of drug-likeness (QED) is 0.0888. The number of hydrogen-bond acceptors (Lipinski definition) is 6. The van der Waals surface area contributed by atoms with Crippen molar-refractivity contribution in [1.29, 1.82) is 0 Å². The predicted octanol–water partition coefficient (Wildman–Crippen LogP) is 3.11. The van der Waals surface area contributed by atoms with E-state index in [2.05, 4.69) is 38.3 Å². The second kappa shape index (κ2) is 36.0. The molecule has 42 heavy (non-hydrogen) atoms. The van der Waals surface area contributed by atoms with Crippen LogP contribution in [0.15, 0.2) is 0 Å². The first kappa shape index (κ1) is 45.2. The lowest BCUT2D eigenvalue weighted by atomic mass is 10.1. The Hall–Kier alpha value is -1.23. The van der Waals surface area contributed by atoms with Crippen LogP contribution in [0.3, 0.4) is 0 Å². The molecule has 0 saturated carbocycles. The first-order valence-corrected chi connectivity index (χ1v) is 18.6. The van der Waals surface area contributed by atoms with Crippen LogP contribution in [0.4, 0.5) is 0 Å². The topological polar surface area (TPSA) is 168 Å². The van der Waals surface area contributed by atoms with Gasteiger partial charge in [-0.1, -0.05) is 105 Å². The fraction of sp³-hybridized carbons (Fsp3) is 0.938. The second-order valence-corrected chi connectivity index (χ2v) is 12.9. The summed E-state index contributed by atoms with van der Waals surface area (Å²) in [6, 6.07) is 0. The van der Waals surface area contributed by atoms with Crippen LogP contribution in [0.1, 0.15) is 163 Å². The van der Waals surface area contributed by atoms with Crippen LogP contribution in [-0.4, -0.2) is 56.3 Å². The monoisotopic (exact) mass is 624 g/mol. The maximum Gasteiger partial charge on any atom is 0.273 e. The molecule has 10 heteroatoms. The molecule has 0 radical (unpaired) electrons. The van der Waals surface area contributed by atoms with Gasteiger partial charge >= 0.3 is 0 Å². The molecular formula is C32H68N2O7S. The molecule has 0 aromatic rings. The van der Waals surface area contributed by atoms with Crippen LogP contribution < -0.4 is 20.8 Å². The maximum atomic E-state index is 10.2. The minimum atomic E-state index is -4.94. The minimum Gasteiger partial charge on any atom is -0.550 e. The molecule has 0 aromatic carbocycles. The first-order chi connectivity index (χ1) is 20.1. The van der Waals surface area contributed by atoms with Crippen molar-refractivity contribution >= 4 is 22.1 Å². The van der Waals surface area contributed by atoms with Gasteiger partial charge in [0.15, 0.2) is 0 Å². The zero-order chi connectivity index (χ0) is 32.3. The average Bonchev–Trinajstić information content (AvgIpc) is 2.93. The number of hydrogen-bond donors (Lipinski definition) is 3. The van der Waals surface area contributed by atoms with Crippen LogP contribution >= 0.6 is 0 Å². The van der Waals surface area contributed by atoms with Crippen molar-refractivity contribution < 1.29 is 43.4 Å². The third kappa shape index (κ3) is 40.9. The van der Waals surface area contributed by atoms with Gasteiger partial charge in [0.25, 0.3) is 10.1 Å². The number of carbonyl (C=O) groups is 2. The predicted molar refractivity (Wildman–Crippen MR) is 168 cm³/mol. The van der Waals surface area contributed by atoms with Gasteiger partial charge in [-0.05, 0) is 51.4 Å². The molecule has 0 aliphatic carbocycles. The molecule has 0 saturated heterocycles. The molecule has 0 aliphatic heterocycles.